The third-order valence-corrected chi connectivity index (χ3v) is 3.81. The third kappa shape index (κ3) is 3.11. The topological polar surface area (TPSA) is 56.4 Å². The Kier molecular flexibility index (Phi) is 4.17. The van der Waals surface area contributed by atoms with Gasteiger partial charge in [0.15, 0.2) is 0 Å². The van der Waals surface area contributed by atoms with Crippen LogP contribution >= 0.6 is 0 Å². The smallest absolute Gasteiger partial charge is 0.138 e. The maximum absolute atomic E-state index is 14.2. The number of piperazine rings is 1. The summed E-state index contributed by atoms with van der Waals surface area (Å²) in [5, 5.41) is 7.37. The zero-order valence-corrected chi connectivity index (χ0v) is 11.5. The number of hydrogen-bond acceptors (Lipinski definition) is 3. The highest BCUT2D eigenvalue weighted by molar-refractivity contribution is 5.95. The van der Waals surface area contributed by atoms with E-state index in [1.165, 1.54) is 0 Å². The minimum atomic E-state index is -0.360. The number of nitrogens with one attached hydrogen (secondary N) is 1. The number of halogens is 1. The van der Waals surface area contributed by atoms with E-state index in [0.717, 1.165) is 19.6 Å². The Bertz CT molecular complexity index is 475. The van der Waals surface area contributed by atoms with Gasteiger partial charge in [0.1, 0.15) is 11.7 Å². The Morgan fingerprint density at radius 2 is 2.21 bits per heavy atom. The Morgan fingerprint density at radius 1 is 1.47 bits per heavy atom. The first-order valence-corrected chi connectivity index (χ1v) is 6.53. The van der Waals surface area contributed by atoms with Crippen molar-refractivity contribution in [3.05, 3.63) is 35.1 Å². The zero-order chi connectivity index (χ0) is 14.0. The molecular weight excluding hydrogens is 243 g/mol. The van der Waals surface area contributed by atoms with Gasteiger partial charge < -0.3 is 10.6 Å². The molecule has 1 aliphatic heterocycles. The van der Waals surface area contributed by atoms with E-state index in [2.05, 4.69) is 23.8 Å². The second kappa shape index (κ2) is 5.67. The van der Waals surface area contributed by atoms with Crippen LogP contribution in [0.15, 0.2) is 18.2 Å². The van der Waals surface area contributed by atoms with Crippen LogP contribution in [0.4, 0.5) is 4.39 Å². The van der Waals surface area contributed by atoms with Crippen molar-refractivity contribution in [2.75, 3.05) is 26.7 Å². The van der Waals surface area contributed by atoms with Crippen molar-refractivity contribution < 1.29 is 4.39 Å². The van der Waals surface area contributed by atoms with Gasteiger partial charge in [-0.25, -0.2) is 4.39 Å². The normalized spacial score (nSPS) is 21.5. The van der Waals surface area contributed by atoms with Gasteiger partial charge >= 0.3 is 0 Å². The third-order valence-electron chi connectivity index (χ3n) is 3.81. The van der Waals surface area contributed by atoms with Crippen LogP contribution in [0, 0.1) is 11.2 Å². The van der Waals surface area contributed by atoms with Crippen LogP contribution in [0.2, 0.25) is 0 Å². The van der Waals surface area contributed by atoms with Gasteiger partial charge in [-0.2, -0.15) is 0 Å². The van der Waals surface area contributed by atoms with E-state index < -0.39 is 0 Å². The molecule has 4 nitrogen and oxygen atoms in total. The highest BCUT2D eigenvalue weighted by atomic mass is 19.1. The fraction of sp³-hybridized carbons (Fsp3) is 0.500. The van der Waals surface area contributed by atoms with Crippen molar-refractivity contribution in [2.24, 2.45) is 5.73 Å². The maximum Gasteiger partial charge on any atom is 0.138 e. The summed E-state index contributed by atoms with van der Waals surface area (Å²) in [6.45, 7) is 5.61. The molecular formula is C14H21FN4. The number of nitrogen functional groups attached to an aromatic ring is 1. The first-order chi connectivity index (χ1) is 8.99. The summed E-state index contributed by atoms with van der Waals surface area (Å²) in [5.41, 5.74) is 6.19. The number of benzene rings is 1. The predicted octanol–water partition coefficient (Wildman–Crippen LogP) is 1.25. The van der Waals surface area contributed by atoms with Gasteiger partial charge in [0, 0.05) is 37.8 Å². The van der Waals surface area contributed by atoms with Crippen LogP contribution in [-0.2, 0) is 6.54 Å². The Labute approximate surface area is 113 Å². The molecule has 1 aromatic carbocycles. The number of likely N-dealkylation sites (N-methyl/N-ethyl adjacent to an activating group) is 1. The van der Waals surface area contributed by atoms with E-state index in [-0.39, 0.29) is 17.2 Å². The van der Waals surface area contributed by atoms with Crippen LogP contribution in [-0.4, -0.2) is 48.4 Å². The van der Waals surface area contributed by atoms with Crippen molar-refractivity contribution >= 4 is 5.84 Å². The fourth-order valence-corrected chi connectivity index (χ4v) is 2.42. The van der Waals surface area contributed by atoms with Gasteiger partial charge in [-0.3, -0.25) is 10.3 Å². The van der Waals surface area contributed by atoms with Crippen molar-refractivity contribution in [3.8, 4) is 0 Å². The summed E-state index contributed by atoms with van der Waals surface area (Å²) in [5.74, 6) is -0.576. The van der Waals surface area contributed by atoms with Crippen LogP contribution in [0.5, 0.6) is 0 Å². The fourth-order valence-electron chi connectivity index (χ4n) is 2.42. The van der Waals surface area contributed by atoms with Crippen molar-refractivity contribution in [3.63, 3.8) is 0 Å². The number of hydrogen-bond donors (Lipinski definition) is 2. The van der Waals surface area contributed by atoms with Crippen LogP contribution < -0.4 is 5.73 Å². The van der Waals surface area contributed by atoms with E-state index in [1.807, 2.05) is 0 Å². The number of nitrogens with zero attached hydrogens (tertiary/aromatic N) is 2. The molecule has 0 saturated carbocycles. The van der Waals surface area contributed by atoms with Crippen molar-refractivity contribution in [1.29, 1.82) is 5.41 Å². The van der Waals surface area contributed by atoms with Gasteiger partial charge in [-0.05, 0) is 20.0 Å². The summed E-state index contributed by atoms with van der Waals surface area (Å²) >= 11 is 0. The molecule has 19 heavy (non-hydrogen) atoms. The molecule has 1 aliphatic rings. The molecule has 0 aliphatic carbocycles. The summed E-state index contributed by atoms with van der Waals surface area (Å²) in [6.07, 6.45) is 0. The van der Waals surface area contributed by atoms with Gasteiger partial charge in [0.2, 0.25) is 0 Å². The van der Waals surface area contributed by atoms with E-state index in [9.17, 15) is 4.39 Å². The molecule has 0 amide bonds. The average molecular weight is 264 g/mol. The number of rotatable bonds is 3. The molecule has 1 fully saturated rings. The second-order valence-corrected chi connectivity index (χ2v) is 5.26. The van der Waals surface area contributed by atoms with Gasteiger partial charge in [0.25, 0.3) is 0 Å². The molecule has 1 aromatic rings. The maximum atomic E-state index is 14.2. The van der Waals surface area contributed by atoms with Gasteiger partial charge in [-0.15, -0.1) is 0 Å². The van der Waals surface area contributed by atoms with Crippen LogP contribution in [0.3, 0.4) is 0 Å². The molecule has 1 saturated heterocycles. The number of nitrogens with two attached hydrogens (primary N) is 1. The van der Waals surface area contributed by atoms with E-state index in [0.29, 0.717) is 18.2 Å². The van der Waals surface area contributed by atoms with Crippen molar-refractivity contribution in [2.45, 2.75) is 19.5 Å². The Hall–Kier alpha value is -1.46. The number of amidine groups is 1. The summed E-state index contributed by atoms with van der Waals surface area (Å²) < 4.78 is 14.2. The Balaban J connectivity index is 2.11. The molecule has 0 radical (unpaired) electrons. The average Bonchev–Trinajstić information content (AvgIpc) is 2.36. The molecule has 104 valence electrons. The summed E-state index contributed by atoms with van der Waals surface area (Å²) in [4.78, 5) is 4.55. The van der Waals surface area contributed by atoms with Gasteiger partial charge in [0.05, 0.1) is 5.56 Å². The predicted molar refractivity (Wildman–Crippen MR) is 74.8 cm³/mol. The summed E-state index contributed by atoms with van der Waals surface area (Å²) in [6, 6.07) is 5.56. The van der Waals surface area contributed by atoms with Crippen molar-refractivity contribution in [1.82, 2.24) is 9.80 Å². The minimum absolute atomic E-state index is 0.194. The molecule has 0 spiro atoms. The van der Waals surface area contributed by atoms with Crippen LogP contribution in [0.1, 0.15) is 18.1 Å². The zero-order valence-electron chi connectivity index (χ0n) is 11.5. The molecule has 2 rings (SSSR count). The highest BCUT2D eigenvalue weighted by Crippen LogP contribution is 2.17. The molecule has 0 aromatic heterocycles. The summed E-state index contributed by atoms with van der Waals surface area (Å²) in [7, 11) is 2.11. The largest absolute Gasteiger partial charge is 0.384 e. The molecule has 1 atom stereocenters. The van der Waals surface area contributed by atoms with E-state index in [4.69, 9.17) is 11.1 Å². The minimum Gasteiger partial charge on any atom is -0.384 e. The molecule has 1 unspecified atom stereocenters. The molecule has 0 bridgehead atoms. The highest BCUT2D eigenvalue weighted by Gasteiger charge is 2.21. The molecule has 5 heteroatoms. The SMILES string of the molecule is CC1CN(Cc2cccc(C(=N)N)c2F)CCN1C. The lowest BCUT2D eigenvalue weighted by atomic mass is 10.1. The Morgan fingerprint density at radius 3 is 2.84 bits per heavy atom. The first kappa shape index (κ1) is 14.0. The second-order valence-electron chi connectivity index (χ2n) is 5.26. The van der Waals surface area contributed by atoms with Gasteiger partial charge in [-0.1, -0.05) is 12.1 Å². The standard InChI is InChI=1S/C14H21FN4/c1-10-8-19(7-6-18(10)2)9-11-4-3-5-12(13(11)15)14(16)17/h3-5,10H,6-9H2,1-2H3,(H3,16,17). The van der Waals surface area contributed by atoms with E-state index >= 15 is 0 Å². The quantitative estimate of drug-likeness (QED) is 0.638. The first-order valence-electron chi connectivity index (χ1n) is 6.53. The monoisotopic (exact) mass is 264 g/mol. The lowest BCUT2D eigenvalue weighted by molar-refractivity contribution is 0.0991. The molecule has 3 N–H and O–H groups in total. The van der Waals surface area contributed by atoms with Crippen LogP contribution in [0.25, 0.3) is 0 Å². The lowest BCUT2D eigenvalue weighted by Crippen LogP contribution is -2.49. The lowest BCUT2D eigenvalue weighted by Gasteiger charge is -2.37. The van der Waals surface area contributed by atoms with E-state index in [1.54, 1.807) is 18.2 Å². The molecule has 1 heterocycles.